The third-order valence-electron chi connectivity index (χ3n) is 2.93. The minimum atomic E-state index is -1.11. The van der Waals surface area contributed by atoms with Crippen molar-refractivity contribution in [3.05, 3.63) is 30.0 Å². The third-order valence-corrected chi connectivity index (χ3v) is 2.93. The Kier molecular flexibility index (Phi) is 3.55. The number of H-pyrrole nitrogens is 1. The molecule has 2 rings (SSSR count). The Morgan fingerprint density at radius 2 is 2.11 bits per heavy atom. The van der Waals surface area contributed by atoms with E-state index in [0.29, 0.717) is 5.69 Å². The van der Waals surface area contributed by atoms with Crippen LogP contribution >= 0.6 is 0 Å². The number of aromatic amines is 1. The maximum absolute atomic E-state index is 10.7. The van der Waals surface area contributed by atoms with Crippen molar-refractivity contribution in [1.82, 2.24) is 0 Å². The van der Waals surface area contributed by atoms with Crippen LogP contribution < -0.4 is 19.7 Å². The van der Waals surface area contributed by atoms with E-state index in [-0.39, 0.29) is 6.42 Å². The molecule has 1 aromatic carbocycles. The molecule has 0 saturated carbocycles. The summed E-state index contributed by atoms with van der Waals surface area (Å²) in [5.74, 6) is -0.387. The molecule has 0 bridgehead atoms. The second kappa shape index (κ2) is 5.14. The fraction of sp³-hybridized carbons (Fsp3) is 0.286. The molecule has 0 atom stereocenters. The van der Waals surface area contributed by atoms with Crippen molar-refractivity contribution >= 4 is 22.6 Å². The van der Waals surface area contributed by atoms with Gasteiger partial charge in [0.25, 0.3) is 0 Å². The number of anilines is 1. The third kappa shape index (κ3) is 2.76. The molecule has 0 aliphatic heterocycles. The largest absolute Gasteiger partial charge is 0.550 e. The zero-order valence-electron chi connectivity index (χ0n) is 11.2. The number of aliphatic carboxylic acids is 1. The van der Waals surface area contributed by atoms with Gasteiger partial charge in [0.1, 0.15) is 5.75 Å². The first-order valence-electron chi connectivity index (χ1n) is 5.91. The van der Waals surface area contributed by atoms with Crippen LogP contribution in [-0.2, 0) is 11.2 Å². The molecular formula is C14H16N2O3. The summed E-state index contributed by atoms with van der Waals surface area (Å²) < 4.78 is 5.18. The van der Waals surface area contributed by atoms with Gasteiger partial charge in [-0.25, -0.2) is 4.98 Å². The maximum atomic E-state index is 10.7. The molecule has 5 nitrogen and oxygen atoms in total. The van der Waals surface area contributed by atoms with Gasteiger partial charge in [-0.3, -0.25) is 0 Å². The van der Waals surface area contributed by atoms with Crippen LogP contribution in [0, 0.1) is 0 Å². The number of carboxylic acids is 1. The number of hydrogen-bond donors (Lipinski definition) is 0. The van der Waals surface area contributed by atoms with E-state index in [0.717, 1.165) is 22.3 Å². The highest BCUT2D eigenvalue weighted by atomic mass is 16.5. The Morgan fingerprint density at radius 3 is 2.68 bits per heavy atom. The highest BCUT2D eigenvalue weighted by Gasteiger charge is 2.14. The van der Waals surface area contributed by atoms with Gasteiger partial charge >= 0.3 is 0 Å². The number of carbonyl (C=O) groups excluding carboxylic acids is 1. The highest BCUT2D eigenvalue weighted by molar-refractivity contribution is 5.90. The number of nitrogens with zero attached hydrogens (tertiary/aromatic N) is 1. The first kappa shape index (κ1) is 13.1. The van der Waals surface area contributed by atoms with Gasteiger partial charge < -0.3 is 19.5 Å². The highest BCUT2D eigenvalue weighted by Crippen LogP contribution is 2.26. The molecule has 1 heterocycles. The second-order valence-corrected chi connectivity index (χ2v) is 4.53. The lowest BCUT2D eigenvalue weighted by atomic mass is 10.1. The lowest BCUT2D eigenvalue weighted by molar-refractivity contribution is -0.361. The second-order valence-electron chi connectivity index (χ2n) is 4.53. The summed E-state index contributed by atoms with van der Waals surface area (Å²) in [5, 5.41) is 11.7. The Labute approximate surface area is 111 Å². The van der Waals surface area contributed by atoms with E-state index >= 15 is 0 Å². The van der Waals surface area contributed by atoms with E-state index in [2.05, 4.69) is 4.98 Å². The predicted molar refractivity (Wildman–Crippen MR) is 70.1 cm³/mol. The smallest absolute Gasteiger partial charge is 0.216 e. The number of aromatic nitrogens is 1. The number of carbonyl (C=O) groups is 1. The molecule has 0 amide bonds. The predicted octanol–water partition coefficient (Wildman–Crippen LogP) is 0.0209. The van der Waals surface area contributed by atoms with E-state index in [4.69, 9.17) is 4.74 Å². The SMILES string of the molecule is COc1ccc2c(N(C)C)cc(CC(=O)[O-])[nH+]c2c1. The van der Waals surface area contributed by atoms with Crippen molar-refractivity contribution in [2.24, 2.45) is 0 Å². The number of nitrogens with one attached hydrogen (secondary N) is 1. The van der Waals surface area contributed by atoms with E-state index in [1.807, 2.05) is 43.3 Å². The summed E-state index contributed by atoms with van der Waals surface area (Å²) in [7, 11) is 5.43. The number of hydrogen-bond acceptors (Lipinski definition) is 4. The van der Waals surface area contributed by atoms with Gasteiger partial charge in [0.2, 0.25) is 5.52 Å². The molecule has 19 heavy (non-hydrogen) atoms. The van der Waals surface area contributed by atoms with Crippen LogP contribution in [0.5, 0.6) is 5.75 Å². The van der Waals surface area contributed by atoms with Gasteiger partial charge in [-0.2, -0.15) is 0 Å². The van der Waals surface area contributed by atoms with Crippen molar-refractivity contribution in [3.63, 3.8) is 0 Å². The van der Waals surface area contributed by atoms with Crippen molar-refractivity contribution in [2.75, 3.05) is 26.1 Å². The van der Waals surface area contributed by atoms with Crippen LogP contribution in [0.3, 0.4) is 0 Å². The first-order valence-corrected chi connectivity index (χ1v) is 5.91. The maximum Gasteiger partial charge on any atom is 0.216 e. The number of fused-ring (bicyclic) bond motifs is 1. The van der Waals surface area contributed by atoms with Crippen LogP contribution in [0.1, 0.15) is 5.69 Å². The van der Waals surface area contributed by atoms with E-state index in [9.17, 15) is 9.90 Å². The molecule has 2 aromatic rings. The van der Waals surface area contributed by atoms with Gasteiger partial charge in [0.05, 0.1) is 36.6 Å². The number of benzene rings is 1. The summed E-state index contributed by atoms with van der Waals surface area (Å²) >= 11 is 0. The molecule has 0 fully saturated rings. The average molecular weight is 260 g/mol. The first-order chi connectivity index (χ1) is 9.01. The fourth-order valence-electron chi connectivity index (χ4n) is 2.05. The molecule has 0 unspecified atom stereocenters. The van der Waals surface area contributed by atoms with Crippen LogP contribution in [0.2, 0.25) is 0 Å². The fourth-order valence-corrected chi connectivity index (χ4v) is 2.05. The zero-order valence-corrected chi connectivity index (χ0v) is 11.2. The molecule has 5 heteroatoms. The number of ether oxygens (including phenoxy) is 1. The van der Waals surface area contributed by atoms with E-state index in [1.54, 1.807) is 7.11 Å². The normalized spacial score (nSPS) is 10.5. The van der Waals surface area contributed by atoms with Gasteiger partial charge in [-0.05, 0) is 12.1 Å². The van der Waals surface area contributed by atoms with Crippen LogP contribution in [0.15, 0.2) is 24.3 Å². The van der Waals surface area contributed by atoms with E-state index < -0.39 is 5.97 Å². The average Bonchev–Trinajstić information content (AvgIpc) is 2.36. The lowest BCUT2D eigenvalue weighted by Crippen LogP contribution is -2.28. The zero-order chi connectivity index (χ0) is 14.0. The number of rotatable bonds is 4. The molecule has 0 radical (unpaired) electrons. The number of carboxylic acid groups (broad SMARTS) is 1. The summed E-state index contributed by atoms with van der Waals surface area (Å²) in [6.45, 7) is 0. The van der Waals surface area contributed by atoms with Gasteiger partial charge in [0.15, 0.2) is 5.69 Å². The number of methoxy groups -OCH3 is 1. The molecular weight excluding hydrogens is 244 g/mol. The van der Waals surface area contributed by atoms with Crippen LogP contribution in [0.25, 0.3) is 10.9 Å². The molecule has 1 N–H and O–H groups in total. The lowest BCUT2D eigenvalue weighted by Gasteiger charge is -2.14. The number of pyridine rings is 1. The Bertz CT molecular complexity index is 623. The van der Waals surface area contributed by atoms with Crippen molar-refractivity contribution in [1.29, 1.82) is 0 Å². The van der Waals surface area contributed by atoms with Crippen LogP contribution in [-0.4, -0.2) is 27.2 Å². The minimum absolute atomic E-state index is 0.145. The Balaban J connectivity index is 2.64. The molecule has 1 aromatic heterocycles. The summed E-state index contributed by atoms with van der Waals surface area (Å²) in [5.41, 5.74) is 2.39. The monoisotopic (exact) mass is 260 g/mol. The molecule has 100 valence electrons. The van der Waals surface area contributed by atoms with E-state index in [1.165, 1.54) is 0 Å². The Hall–Kier alpha value is -2.30. The minimum Gasteiger partial charge on any atom is -0.550 e. The standard InChI is InChI=1S/C14H16N2O3/c1-16(2)13-6-9(7-14(17)18)15-12-8-10(19-3)4-5-11(12)13/h4-6,8H,7H2,1-3H3,(H,17,18). The summed E-state index contributed by atoms with van der Waals surface area (Å²) in [6, 6.07) is 7.50. The van der Waals surface area contributed by atoms with Crippen molar-refractivity contribution < 1.29 is 19.6 Å². The topological polar surface area (TPSA) is 66.7 Å². The van der Waals surface area contributed by atoms with Gasteiger partial charge in [0, 0.05) is 20.2 Å². The Morgan fingerprint density at radius 1 is 1.37 bits per heavy atom. The van der Waals surface area contributed by atoms with Gasteiger partial charge in [-0.1, -0.05) is 0 Å². The van der Waals surface area contributed by atoms with Crippen molar-refractivity contribution in [3.8, 4) is 5.75 Å². The summed E-state index contributed by atoms with van der Waals surface area (Å²) in [4.78, 5) is 15.8. The molecule has 0 saturated heterocycles. The summed E-state index contributed by atoms with van der Waals surface area (Å²) in [6.07, 6.45) is -0.145. The quantitative estimate of drug-likeness (QED) is 0.777. The molecule has 0 aliphatic rings. The van der Waals surface area contributed by atoms with Gasteiger partial charge in [-0.15, -0.1) is 0 Å². The van der Waals surface area contributed by atoms with Crippen molar-refractivity contribution in [2.45, 2.75) is 6.42 Å². The molecule has 0 spiro atoms. The van der Waals surface area contributed by atoms with Crippen LogP contribution in [0.4, 0.5) is 5.69 Å². The molecule has 0 aliphatic carbocycles.